The molecule has 0 spiro atoms. The van der Waals surface area contributed by atoms with Gasteiger partial charge in [-0.25, -0.2) is 4.79 Å². The maximum absolute atomic E-state index is 11.3. The third-order valence-corrected chi connectivity index (χ3v) is 2.89. The number of rotatable bonds is 2. The highest BCUT2D eigenvalue weighted by molar-refractivity contribution is 5.67. The van der Waals surface area contributed by atoms with Crippen LogP contribution in [0.15, 0.2) is 18.2 Å². The van der Waals surface area contributed by atoms with E-state index in [4.69, 9.17) is 4.74 Å². The molecular formula is C13H17NO2. The molecule has 16 heavy (non-hydrogen) atoms. The smallest absolute Gasteiger partial charge is 0.407 e. The van der Waals surface area contributed by atoms with Crippen LogP contribution < -0.4 is 5.32 Å². The molecule has 1 aromatic carbocycles. The highest BCUT2D eigenvalue weighted by atomic mass is 16.5. The van der Waals surface area contributed by atoms with Crippen LogP contribution >= 0.6 is 0 Å². The lowest BCUT2D eigenvalue weighted by Crippen LogP contribution is -2.35. The minimum Gasteiger partial charge on any atom is -0.450 e. The quantitative estimate of drug-likeness (QED) is 0.828. The molecule has 1 aliphatic carbocycles. The van der Waals surface area contributed by atoms with E-state index in [1.54, 1.807) is 0 Å². The Kier molecular flexibility index (Phi) is 3.13. The van der Waals surface area contributed by atoms with Crippen molar-refractivity contribution in [2.75, 3.05) is 6.61 Å². The van der Waals surface area contributed by atoms with Gasteiger partial charge in [-0.3, -0.25) is 0 Å². The van der Waals surface area contributed by atoms with Crippen LogP contribution in [-0.4, -0.2) is 18.7 Å². The molecule has 0 fully saturated rings. The number of carbonyl (C=O) groups excluding carboxylic acids is 1. The molecule has 0 aromatic heterocycles. The van der Waals surface area contributed by atoms with E-state index in [9.17, 15) is 4.79 Å². The molecule has 2 rings (SSSR count). The van der Waals surface area contributed by atoms with E-state index in [1.807, 2.05) is 6.92 Å². The van der Waals surface area contributed by atoms with Crippen LogP contribution in [0.1, 0.15) is 23.6 Å². The van der Waals surface area contributed by atoms with E-state index in [1.165, 1.54) is 16.7 Å². The highest BCUT2D eigenvalue weighted by Crippen LogP contribution is 2.23. The first-order chi connectivity index (χ1) is 7.69. The number of alkyl carbamates (subject to hydrolysis) is 1. The van der Waals surface area contributed by atoms with Gasteiger partial charge in [0.1, 0.15) is 0 Å². The first-order valence-corrected chi connectivity index (χ1v) is 5.70. The molecule has 1 N–H and O–H groups in total. The molecule has 86 valence electrons. The SMILES string of the molecule is CCOC(=O)N[C@H]1Cc2ccc(C)cc2C1. The van der Waals surface area contributed by atoms with Crippen LogP contribution in [0.4, 0.5) is 4.79 Å². The van der Waals surface area contributed by atoms with E-state index in [0.29, 0.717) is 6.61 Å². The van der Waals surface area contributed by atoms with Gasteiger partial charge in [0.25, 0.3) is 0 Å². The number of benzene rings is 1. The number of fused-ring (bicyclic) bond motifs is 1. The number of amides is 1. The minimum absolute atomic E-state index is 0.191. The van der Waals surface area contributed by atoms with Crippen LogP contribution in [0.3, 0.4) is 0 Å². The number of carbonyl (C=O) groups is 1. The van der Waals surface area contributed by atoms with E-state index in [0.717, 1.165) is 12.8 Å². The standard InChI is InChI=1S/C13H17NO2/c1-3-16-13(15)14-12-7-10-5-4-9(2)6-11(10)8-12/h4-6,12H,3,7-8H2,1-2H3,(H,14,15)/t12-/m0/s1. The average Bonchev–Trinajstić information content (AvgIpc) is 2.59. The molecule has 0 radical (unpaired) electrons. The first kappa shape index (κ1) is 11.0. The van der Waals surface area contributed by atoms with E-state index in [2.05, 4.69) is 30.4 Å². The summed E-state index contributed by atoms with van der Waals surface area (Å²) in [5, 5.41) is 2.89. The Morgan fingerprint density at radius 2 is 2.19 bits per heavy atom. The van der Waals surface area contributed by atoms with Gasteiger partial charge in [0, 0.05) is 6.04 Å². The Morgan fingerprint density at radius 3 is 2.94 bits per heavy atom. The Bertz CT molecular complexity index is 401. The van der Waals surface area contributed by atoms with Gasteiger partial charge in [0.05, 0.1) is 6.61 Å². The number of nitrogens with one attached hydrogen (secondary N) is 1. The van der Waals surface area contributed by atoms with E-state index < -0.39 is 0 Å². The zero-order chi connectivity index (χ0) is 11.5. The number of aryl methyl sites for hydroxylation is 1. The summed E-state index contributed by atoms with van der Waals surface area (Å²) in [6.07, 6.45) is 1.52. The summed E-state index contributed by atoms with van der Waals surface area (Å²) in [6.45, 7) is 4.32. The summed E-state index contributed by atoms with van der Waals surface area (Å²) in [7, 11) is 0. The van der Waals surface area contributed by atoms with Crippen molar-refractivity contribution in [1.29, 1.82) is 0 Å². The van der Waals surface area contributed by atoms with Crippen molar-refractivity contribution in [3.63, 3.8) is 0 Å². The lowest BCUT2D eigenvalue weighted by atomic mass is 10.1. The van der Waals surface area contributed by atoms with Crippen molar-refractivity contribution < 1.29 is 9.53 Å². The van der Waals surface area contributed by atoms with Gasteiger partial charge in [-0.1, -0.05) is 23.8 Å². The Hall–Kier alpha value is -1.51. The molecule has 1 amide bonds. The summed E-state index contributed by atoms with van der Waals surface area (Å²) in [5.74, 6) is 0. The lowest BCUT2D eigenvalue weighted by Gasteiger charge is -2.11. The molecule has 0 aliphatic heterocycles. The van der Waals surface area contributed by atoms with Crippen molar-refractivity contribution in [3.8, 4) is 0 Å². The fraction of sp³-hybridized carbons (Fsp3) is 0.462. The fourth-order valence-electron chi connectivity index (χ4n) is 2.19. The van der Waals surface area contributed by atoms with Gasteiger partial charge in [0.15, 0.2) is 0 Å². The first-order valence-electron chi connectivity index (χ1n) is 5.70. The molecule has 1 atom stereocenters. The second kappa shape index (κ2) is 4.56. The van der Waals surface area contributed by atoms with Crippen LogP contribution in [0.5, 0.6) is 0 Å². The predicted octanol–water partition coefficient (Wildman–Crippen LogP) is 2.21. The monoisotopic (exact) mass is 219 g/mol. The zero-order valence-electron chi connectivity index (χ0n) is 9.75. The molecule has 1 aromatic rings. The van der Waals surface area contributed by atoms with Crippen LogP contribution in [0.2, 0.25) is 0 Å². The fourth-order valence-corrected chi connectivity index (χ4v) is 2.19. The zero-order valence-corrected chi connectivity index (χ0v) is 9.75. The molecule has 1 aliphatic rings. The number of ether oxygens (including phenoxy) is 1. The Labute approximate surface area is 95.8 Å². The molecule has 0 saturated heterocycles. The predicted molar refractivity (Wildman–Crippen MR) is 62.5 cm³/mol. The molecule has 0 unspecified atom stereocenters. The summed E-state index contributed by atoms with van der Waals surface area (Å²) in [4.78, 5) is 11.3. The largest absolute Gasteiger partial charge is 0.450 e. The van der Waals surface area contributed by atoms with Gasteiger partial charge in [-0.15, -0.1) is 0 Å². The van der Waals surface area contributed by atoms with Crippen molar-refractivity contribution in [1.82, 2.24) is 5.32 Å². The van der Waals surface area contributed by atoms with Gasteiger partial charge in [-0.05, 0) is 37.8 Å². The molecule has 0 saturated carbocycles. The van der Waals surface area contributed by atoms with Crippen LogP contribution in [0.25, 0.3) is 0 Å². The van der Waals surface area contributed by atoms with Gasteiger partial charge < -0.3 is 10.1 Å². The molecule has 3 heteroatoms. The number of hydrogen-bond donors (Lipinski definition) is 1. The average molecular weight is 219 g/mol. The molecule has 3 nitrogen and oxygen atoms in total. The second-order valence-corrected chi connectivity index (χ2v) is 4.24. The summed E-state index contributed by atoms with van der Waals surface area (Å²) >= 11 is 0. The van der Waals surface area contributed by atoms with Crippen molar-refractivity contribution in [3.05, 3.63) is 34.9 Å². The van der Waals surface area contributed by atoms with Crippen molar-refractivity contribution in [2.45, 2.75) is 32.7 Å². The Balaban J connectivity index is 1.97. The topological polar surface area (TPSA) is 38.3 Å². The van der Waals surface area contributed by atoms with Gasteiger partial charge in [0.2, 0.25) is 0 Å². The molecular weight excluding hydrogens is 202 g/mol. The third kappa shape index (κ3) is 2.35. The number of hydrogen-bond acceptors (Lipinski definition) is 2. The maximum atomic E-state index is 11.3. The van der Waals surface area contributed by atoms with E-state index >= 15 is 0 Å². The lowest BCUT2D eigenvalue weighted by molar-refractivity contribution is 0.148. The molecule has 0 heterocycles. The summed E-state index contributed by atoms with van der Waals surface area (Å²) < 4.78 is 4.88. The van der Waals surface area contributed by atoms with Crippen LogP contribution in [0, 0.1) is 6.92 Å². The van der Waals surface area contributed by atoms with Crippen molar-refractivity contribution in [2.24, 2.45) is 0 Å². The highest BCUT2D eigenvalue weighted by Gasteiger charge is 2.22. The van der Waals surface area contributed by atoms with E-state index in [-0.39, 0.29) is 12.1 Å². The van der Waals surface area contributed by atoms with Gasteiger partial charge >= 0.3 is 6.09 Å². The summed E-state index contributed by atoms with van der Waals surface area (Å²) in [5.41, 5.74) is 3.96. The minimum atomic E-state index is -0.308. The normalized spacial score (nSPS) is 18.0. The van der Waals surface area contributed by atoms with Crippen LogP contribution in [-0.2, 0) is 17.6 Å². The Morgan fingerprint density at radius 1 is 1.44 bits per heavy atom. The van der Waals surface area contributed by atoms with Gasteiger partial charge in [-0.2, -0.15) is 0 Å². The van der Waals surface area contributed by atoms with Crippen molar-refractivity contribution >= 4 is 6.09 Å². The second-order valence-electron chi connectivity index (χ2n) is 4.24. The maximum Gasteiger partial charge on any atom is 0.407 e. The molecule has 0 bridgehead atoms. The third-order valence-electron chi connectivity index (χ3n) is 2.89. The summed E-state index contributed by atoms with van der Waals surface area (Å²) in [6, 6.07) is 6.65.